The molecule has 0 unspecified atom stereocenters. The smallest absolute Gasteiger partial charge is 0.338 e. The van der Waals surface area contributed by atoms with Crippen LogP contribution < -0.4 is 5.32 Å². The van der Waals surface area contributed by atoms with Crippen LogP contribution in [0, 0.1) is 0 Å². The summed E-state index contributed by atoms with van der Waals surface area (Å²) in [7, 11) is 0. The van der Waals surface area contributed by atoms with Gasteiger partial charge in [-0.2, -0.15) is 0 Å². The molecule has 5 aromatic rings. The maximum Gasteiger partial charge on any atom is 0.338 e. The van der Waals surface area contributed by atoms with Crippen molar-refractivity contribution in [3.05, 3.63) is 131 Å². The molecule has 0 spiro atoms. The van der Waals surface area contributed by atoms with E-state index in [9.17, 15) is 9.59 Å². The number of esters is 1. The third-order valence-corrected chi connectivity index (χ3v) is 6.61. The van der Waals surface area contributed by atoms with Crippen molar-refractivity contribution in [2.24, 2.45) is 0 Å². The van der Waals surface area contributed by atoms with Crippen LogP contribution in [0.4, 0.5) is 5.82 Å². The number of carbonyl (C=O) groups excluding carboxylic acids is 2. The molecule has 0 atom stereocenters. The number of hydrogen-bond acceptors (Lipinski definition) is 4. The third-order valence-electron chi connectivity index (χ3n) is 6.61. The second-order valence-electron chi connectivity index (χ2n) is 10.5. The molecular weight excluding hydrogens is 484 g/mol. The molecule has 5 heteroatoms. The molecule has 0 saturated carbocycles. The summed E-state index contributed by atoms with van der Waals surface area (Å²) in [6, 6.07) is 34.2. The minimum atomic E-state index is -0.398. The van der Waals surface area contributed by atoms with Gasteiger partial charge in [0.25, 0.3) is 5.91 Å². The fourth-order valence-corrected chi connectivity index (χ4v) is 4.39. The number of benzene rings is 4. The normalized spacial score (nSPS) is 11.3. The number of nitrogens with one attached hydrogen (secondary N) is 1. The summed E-state index contributed by atoms with van der Waals surface area (Å²) >= 11 is 0. The van der Waals surface area contributed by atoms with Crippen LogP contribution in [0.1, 0.15) is 52.6 Å². The molecule has 1 N–H and O–H groups in total. The van der Waals surface area contributed by atoms with Crippen LogP contribution in [0.25, 0.3) is 22.0 Å². The fraction of sp³-hybridized carbons (Fsp3) is 0.147. The van der Waals surface area contributed by atoms with Crippen molar-refractivity contribution in [3.8, 4) is 11.1 Å². The summed E-state index contributed by atoms with van der Waals surface area (Å²) in [5.74, 6) is -0.200. The lowest BCUT2D eigenvalue weighted by atomic mass is 9.86. The van der Waals surface area contributed by atoms with Gasteiger partial charge in [-0.1, -0.05) is 93.6 Å². The Morgan fingerprint density at radius 1 is 0.795 bits per heavy atom. The average Bonchev–Trinajstić information content (AvgIpc) is 2.95. The first-order valence-corrected chi connectivity index (χ1v) is 12.9. The number of amides is 1. The summed E-state index contributed by atoms with van der Waals surface area (Å²) in [6.07, 6.45) is 0. The molecule has 39 heavy (non-hydrogen) atoms. The second-order valence-corrected chi connectivity index (χ2v) is 10.5. The fourth-order valence-electron chi connectivity index (χ4n) is 4.39. The SMILES string of the molecule is CC(C)(C)c1ccc(-c2ccccc2C(=O)Nc2ccc3cc(C(=O)OCc4ccccc4)ccc3n2)cc1. The minimum Gasteiger partial charge on any atom is -0.457 e. The van der Waals surface area contributed by atoms with Crippen LogP contribution in [0.15, 0.2) is 109 Å². The first-order chi connectivity index (χ1) is 18.8. The summed E-state index contributed by atoms with van der Waals surface area (Å²) < 4.78 is 5.44. The highest BCUT2D eigenvalue weighted by Crippen LogP contribution is 2.29. The van der Waals surface area contributed by atoms with Gasteiger partial charge in [0.05, 0.1) is 11.1 Å². The number of aromatic nitrogens is 1. The third kappa shape index (κ3) is 6.04. The number of anilines is 1. The summed E-state index contributed by atoms with van der Waals surface area (Å²) in [5, 5.41) is 3.71. The Morgan fingerprint density at radius 3 is 2.26 bits per heavy atom. The zero-order chi connectivity index (χ0) is 27.4. The maximum absolute atomic E-state index is 13.3. The van der Waals surface area contributed by atoms with E-state index in [-0.39, 0.29) is 17.9 Å². The highest BCUT2D eigenvalue weighted by Gasteiger charge is 2.16. The van der Waals surface area contributed by atoms with E-state index >= 15 is 0 Å². The first-order valence-electron chi connectivity index (χ1n) is 12.9. The van der Waals surface area contributed by atoms with E-state index in [1.54, 1.807) is 24.3 Å². The van der Waals surface area contributed by atoms with E-state index in [4.69, 9.17) is 4.74 Å². The van der Waals surface area contributed by atoms with Crippen molar-refractivity contribution in [3.63, 3.8) is 0 Å². The van der Waals surface area contributed by atoms with Crippen LogP contribution in [0.2, 0.25) is 0 Å². The predicted molar refractivity (Wildman–Crippen MR) is 156 cm³/mol. The van der Waals surface area contributed by atoms with Gasteiger partial charge >= 0.3 is 5.97 Å². The van der Waals surface area contributed by atoms with E-state index in [1.807, 2.05) is 60.7 Å². The number of pyridine rings is 1. The quantitative estimate of drug-likeness (QED) is 0.235. The summed E-state index contributed by atoms with van der Waals surface area (Å²) in [6.45, 7) is 6.75. The number of rotatable bonds is 6. The largest absolute Gasteiger partial charge is 0.457 e. The number of carbonyl (C=O) groups is 2. The van der Waals surface area contributed by atoms with Gasteiger partial charge < -0.3 is 10.1 Å². The van der Waals surface area contributed by atoms with Crippen LogP contribution in [-0.4, -0.2) is 16.9 Å². The van der Waals surface area contributed by atoms with Crippen LogP contribution in [0.3, 0.4) is 0 Å². The van der Waals surface area contributed by atoms with Gasteiger partial charge in [-0.25, -0.2) is 9.78 Å². The molecule has 1 heterocycles. The van der Waals surface area contributed by atoms with Gasteiger partial charge in [0.1, 0.15) is 12.4 Å². The number of ether oxygens (including phenoxy) is 1. The monoisotopic (exact) mass is 514 g/mol. The van der Waals surface area contributed by atoms with E-state index in [1.165, 1.54) is 5.56 Å². The molecule has 1 amide bonds. The maximum atomic E-state index is 13.3. The zero-order valence-corrected chi connectivity index (χ0v) is 22.3. The molecule has 0 aliphatic rings. The first kappa shape index (κ1) is 25.9. The van der Waals surface area contributed by atoms with Crippen molar-refractivity contribution in [1.29, 1.82) is 0 Å². The Labute approximate surface area is 228 Å². The van der Waals surface area contributed by atoms with Crippen molar-refractivity contribution in [1.82, 2.24) is 4.98 Å². The molecule has 0 bridgehead atoms. The van der Waals surface area contributed by atoms with Crippen molar-refractivity contribution >= 4 is 28.6 Å². The zero-order valence-electron chi connectivity index (χ0n) is 22.3. The Kier molecular flexibility index (Phi) is 7.24. The van der Waals surface area contributed by atoms with Crippen molar-refractivity contribution in [2.75, 3.05) is 5.32 Å². The van der Waals surface area contributed by atoms with Crippen LogP contribution in [-0.2, 0) is 16.8 Å². The lowest BCUT2D eigenvalue weighted by Gasteiger charge is -2.19. The molecule has 0 radical (unpaired) electrons. The van der Waals surface area contributed by atoms with Gasteiger partial charge in [0.15, 0.2) is 0 Å². The van der Waals surface area contributed by atoms with E-state index in [2.05, 4.69) is 55.3 Å². The Morgan fingerprint density at radius 2 is 1.51 bits per heavy atom. The van der Waals surface area contributed by atoms with Gasteiger partial charge in [-0.15, -0.1) is 0 Å². The number of fused-ring (bicyclic) bond motifs is 1. The van der Waals surface area contributed by atoms with Crippen LogP contribution in [0.5, 0.6) is 0 Å². The predicted octanol–water partition coefficient (Wildman–Crippen LogP) is 7.81. The van der Waals surface area contributed by atoms with Crippen molar-refractivity contribution < 1.29 is 14.3 Å². The molecule has 5 rings (SSSR count). The second kappa shape index (κ2) is 10.9. The molecule has 4 aromatic carbocycles. The van der Waals surface area contributed by atoms with E-state index < -0.39 is 5.97 Å². The van der Waals surface area contributed by atoms with E-state index in [0.29, 0.717) is 22.5 Å². The summed E-state index contributed by atoms with van der Waals surface area (Å²) in [5.41, 5.74) is 5.74. The number of nitrogens with zero attached hydrogens (tertiary/aromatic N) is 1. The molecular formula is C34H30N2O3. The molecule has 0 aliphatic heterocycles. The highest BCUT2D eigenvalue weighted by atomic mass is 16.5. The topological polar surface area (TPSA) is 68.3 Å². The molecule has 0 fully saturated rings. The lowest BCUT2D eigenvalue weighted by Crippen LogP contribution is -2.14. The molecule has 0 aliphatic carbocycles. The van der Waals surface area contributed by atoms with Gasteiger partial charge in [-0.3, -0.25) is 4.79 Å². The van der Waals surface area contributed by atoms with E-state index in [0.717, 1.165) is 22.1 Å². The Bertz CT molecular complexity index is 1640. The van der Waals surface area contributed by atoms with Gasteiger partial charge in [-0.05, 0) is 64.1 Å². The molecule has 194 valence electrons. The highest BCUT2D eigenvalue weighted by molar-refractivity contribution is 6.08. The molecule has 5 nitrogen and oxygen atoms in total. The minimum absolute atomic E-state index is 0.0560. The number of hydrogen-bond donors (Lipinski definition) is 1. The average molecular weight is 515 g/mol. The van der Waals surface area contributed by atoms with Gasteiger partial charge in [0, 0.05) is 10.9 Å². The standard InChI is InChI=1S/C34H30N2O3/c1-34(2,3)27-17-13-24(14-18-27)28-11-7-8-12-29(28)32(37)36-31-20-16-25-21-26(15-19-30(25)35-31)33(38)39-22-23-9-5-4-6-10-23/h4-21H,22H2,1-3H3,(H,35,36,37). The lowest BCUT2D eigenvalue weighted by molar-refractivity contribution is 0.0473. The molecule has 0 saturated heterocycles. The van der Waals surface area contributed by atoms with Crippen molar-refractivity contribution in [2.45, 2.75) is 32.8 Å². The Hall–Kier alpha value is -4.77. The van der Waals surface area contributed by atoms with Gasteiger partial charge in [0.2, 0.25) is 0 Å². The summed E-state index contributed by atoms with van der Waals surface area (Å²) in [4.78, 5) is 30.4. The van der Waals surface area contributed by atoms with Crippen LogP contribution >= 0.6 is 0 Å². The Balaban J connectivity index is 1.31. The molecule has 1 aromatic heterocycles.